The standard InChI is InChI=1S/C11H23NO3/c1-15-11-4-2-3-10(9-11)12(5-7-13)6-8-14/h10-11,13-14H,2-9H2,1H3. The van der Waals surface area contributed by atoms with Gasteiger partial charge in [-0.15, -0.1) is 0 Å². The van der Waals surface area contributed by atoms with Crippen LogP contribution in [0.5, 0.6) is 0 Å². The van der Waals surface area contributed by atoms with Crippen LogP contribution in [0.1, 0.15) is 25.7 Å². The summed E-state index contributed by atoms with van der Waals surface area (Å²) in [6.07, 6.45) is 4.84. The fraction of sp³-hybridized carbons (Fsp3) is 1.00. The van der Waals surface area contributed by atoms with Gasteiger partial charge in [-0.2, -0.15) is 0 Å². The van der Waals surface area contributed by atoms with Crippen LogP contribution in [0.25, 0.3) is 0 Å². The lowest BCUT2D eigenvalue weighted by molar-refractivity contribution is 0.0185. The maximum Gasteiger partial charge on any atom is 0.0586 e. The second-order valence-electron chi connectivity index (χ2n) is 4.16. The van der Waals surface area contributed by atoms with Crippen LogP contribution < -0.4 is 0 Å². The van der Waals surface area contributed by atoms with Gasteiger partial charge in [-0.3, -0.25) is 4.90 Å². The van der Waals surface area contributed by atoms with Gasteiger partial charge in [-0.1, -0.05) is 0 Å². The zero-order valence-corrected chi connectivity index (χ0v) is 9.56. The molecule has 1 aliphatic rings. The van der Waals surface area contributed by atoms with E-state index in [4.69, 9.17) is 14.9 Å². The molecule has 1 fully saturated rings. The molecule has 4 heteroatoms. The van der Waals surface area contributed by atoms with Crippen molar-refractivity contribution in [3.8, 4) is 0 Å². The van der Waals surface area contributed by atoms with Gasteiger partial charge in [-0.25, -0.2) is 0 Å². The van der Waals surface area contributed by atoms with Crippen molar-refractivity contribution in [2.24, 2.45) is 0 Å². The molecule has 0 bridgehead atoms. The smallest absolute Gasteiger partial charge is 0.0586 e. The van der Waals surface area contributed by atoms with Gasteiger partial charge in [0.1, 0.15) is 0 Å². The highest BCUT2D eigenvalue weighted by molar-refractivity contribution is 4.80. The molecule has 0 aliphatic heterocycles. The van der Waals surface area contributed by atoms with E-state index in [1.165, 1.54) is 6.42 Å². The molecule has 0 radical (unpaired) electrons. The van der Waals surface area contributed by atoms with E-state index in [0.29, 0.717) is 25.2 Å². The van der Waals surface area contributed by atoms with Crippen LogP contribution in [-0.2, 0) is 4.74 Å². The minimum atomic E-state index is 0.161. The Bertz CT molecular complexity index is 160. The van der Waals surface area contributed by atoms with Crippen molar-refractivity contribution in [1.29, 1.82) is 0 Å². The van der Waals surface area contributed by atoms with E-state index in [0.717, 1.165) is 19.3 Å². The quantitative estimate of drug-likeness (QED) is 0.669. The fourth-order valence-corrected chi connectivity index (χ4v) is 2.40. The lowest BCUT2D eigenvalue weighted by Crippen LogP contribution is -2.43. The van der Waals surface area contributed by atoms with E-state index in [2.05, 4.69) is 4.90 Å². The number of rotatable bonds is 6. The Hall–Kier alpha value is -0.160. The Morgan fingerprint density at radius 3 is 2.40 bits per heavy atom. The van der Waals surface area contributed by atoms with Crippen LogP contribution in [0.3, 0.4) is 0 Å². The molecule has 4 nitrogen and oxygen atoms in total. The molecule has 90 valence electrons. The van der Waals surface area contributed by atoms with Gasteiger partial charge in [0.05, 0.1) is 19.3 Å². The second-order valence-corrected chi connectivity index (χ2v) is 4.16. The maximum atomic E-state index is 8.96. The molecule has 0 spiro atoms. The van der Waals surface area contributed by atoms with Gasteiger partial charge >= 0.3 is 0 Å². The highest BCUT2D eigenvalue weighted by atomic mass is 16.5. The average molecular weight is 217 g/mol. The predicted octanol–water partition coefficient (Wildman–Crippen LogP) is 0.231. The van der Waals surface area contributed by atoms with E-state index >= 15 is 0 Å². The van der Waals surface area contributed by atoms with Crippen molar-refractivity contribution in [1.82, 2.24) is 4.90 Å². The highest BCUT2D eigenvalue weighted by Gasteiger charge is 2.25. The summed E-state index contributed by atoms with van der Waals surface area (Å²) >= 11 is 0. The average Bonchev–Trinajstić information content (AvgIpc) is 2.29. The van der Waals surface area contributed by atoms with E-state index in [1.807, 2.05) is 0 Å². The number of hydrogen-bond acceptors (Lipinski definition) is 4. The molecule has 0 aromatic heterocycles. The molecule has 2 unspecified atom stereocenters. The van der Waals surface area contributed by atoms with Crippen LogP contribution in [0.15, 0.2) is 0 Å². The molecule has 15 heavy (non-hydrogen) atoms. The topological polar surface area (TPSA) is 52.9 Å². The van der Waals surface area contributed by atoms with Gasteiger partial charge in [-0.05, 0) is 25.7 Å². The van der Waals surface area contributed by atoms with Crippen molar-refractivity contribution in [2.75, 3.05) is 33.4 Å². The summed E-state index contributed by atoms with van der Waals surface area (Å²) < 4.78 is 5.38. The molecule has 0 amide bonds. The molecule has 2 N–H and O–H groups in total. The van der Waals surface area contributed by atoms with Crippen LogP contribution in [0.4, 0.5) is 0 Å². The van der Waals surface area contributed by atoms with E-state index in [9.17, 15) is 0 Å². The van der Waals surface area contributed by atoms with Crippen molar-refractivity contribution in [2.45, 2.75) is 37.8 Å². The number of aliphatic hydroxyl groups is 2. The monoisotopic (exact) mass is 217 g/mol. The van der Waals surface area contributed by atoms with Crippen molar-refractivity contribution < 1.29 is 14.9 Å². The second kappa shape index (κ2) is 7.17. The van der Waals surface area contributed by atoms with Gasteiger partial charge < -0.3 is 14.9 Å². The first kappa shape index (κ1) is 12.9. The number of methoxy groups -OCH3 is 1. The lowest BCUT2D eigenvalue weighted by Gasteiger charge is -2.36. The normalized spacial score (nSPS) is 27.2. The summed E-state index contributed by atoms with van der Waals surface area (Å²) in [5.41, 5.74) is 0. The molecule has 1 rings (SSSR count). The van der Waals surface area contributed by atoms with Crippen LogP contribution in [0.2, 0.25) is 0 Å². The fourth-order valence-electron chi connectivity index (χ4n) is 2.40. The van der Waals surface area contributed by atoms with Crippen LogP contribution in [-0.4, -0.2) is 60.7 Å². The van der Waals surface area contributed by atoms with E-state index in [-0.39, 0.29) is 13.2 Å². The zero-order valence-electron chi connectivity index (χ0n) is 9.56. The van der Waals surface area contributed by atoms with Crippen molar-refractivity contribution in [3.63, 3.8) is 0 Å². The number of nitrogens with zero attached hydrogens (tertiary/aromatic N) is 1. The Balaban J connectivity index is 2.42. The first-order valence-corrected chi connectivity index (χ1v) is 5.80. The molecule has 0 aromatic carbocycles. The van der Waals surface area contributed by atoms with E-state index in [1.54, 1.807) is 7.11 Å². The Morgan fingerprint density at radius 2 is 1.87 bits per heavy atom. The van der Waals surface area contributed by atoms with Crippen molar-refractivity contribution >= 4 is 0 Å². The van der Waals surface area contributed by atoms with E-state index < -0.39 is 0 Å². The number of ether oxygens (including phenoxy) is 1. The summed E-state index contributed by atoms with van der Waals surface area (Å²) in [4.78, 5) is 2.17. The van der Waals surface area contributed by atoms with Crippen molar-refractivity contribution in [3.05, 3.63) is 0 Å². The summed E-state index contributed by atoms with van der Waals surface area (Å²) in [7, 11) is 1.76. The summed E-state index contributed by atoms with van der Waals surface area (Å²) in [6, 6.07) is 0.461. The van der Waals surface area contributed by atoms with Gasteiger partial charge in [0.15, 0.2) is 0 Å². The molecule has 1 aliphatic carbocycles. The Kier molecular flexibility index (Phi) is 6.17. The summed E-state index contributed by atoms with van der Waals surface area (Å²) in [6.45, 7) is 1.63. The third-order valence-electron chi connectivity index (χ3n) is 3.22. The predicted molar refractivity (Wildman–Crippen MR) is 58.8 cm³/mol. The van der Waals surface area contributed by atoms with Gasteiger partial charge in [0.2, 0.25) is 0 Å². The molecule has 2 atom stereocenters. The minimum absolute atomic E-state index is 0.161. The summed E-state index contributed by atoms with van der Waals surface area (Å²) in [5.74, 6) is 0. The van der Waals surface area contributed by atoms with Gasteiger partial charge in [0, 0.05) is 26.2 Å². The third kappa shape index (κ3) is 4.07. The molecule has 0 heterocycles. The minimum Gasteiger partial charge on any atom is -0.395 e. The summed E-state index contributed by atoms with van der Waals surface area (Å²) in [5, 5.41) is 17.9. The number of aliphatic hydroxyl groups excluding tert-OH is 2. The van der Waals surface area contributed by atoms with Crippen LogP contribution in [0, 0.1) is 0 Å². The molecular formula is C11H23NO3. The SMILES string of the molecule is COC1CCCC(N(CCO)CCO)C1. The first-order chi connectivity index (χ1) is 7.31. The van der Waals surface area contributed by atoms with Gasteiger partial charge in [0.25, 0.3) is 0 Å². The molecule has 0 saturated heterocycles. The lowest BCUT2D eigenvalue weighted by atomic mass is 9.91. The Labute approximate surface area is 91.8 Å². The zero-order chi connectivity index (χ0) is 11.1. The first-order valence-electron chi connectivity index (χ1n) is 5.80. The largest absolute Gasteiger partial charge is 0.395 e. The third-order valence-corrected chi connectivity index (χ3v) is 3.22. The van der Waals surface area contributed by atoms with Crippen LogP contribution >= 0.6 is 0 Å². The maximum absolute atomic E-state index is 8.96. The molecule has 1 saturated carbocycles. The Morgan fingerprint density at radius 1 is 1.20 bits per heavy atom. The highest BCUT2D eigenvalue weighted by Crippen LogP contribution is 2.24. The number of hydrogen-bond donors (Lipinski definition) is 2. The molecule has 0 aromatic rings. The molecular weight excluding hydrogens is 194 g/mol.